The Morgan fingerprint density at radius 3 is 2.47 bits per heavy atom. The predicted molar refractivity (Wildman–Crippen MR) is 130 cm³/mol. The summed E-state index contributed by atoms with van der Waals surface area (Å²) in [5.74, 6) is 1.16. The van der Waals surface area contributed by atoms with Gasteiger partial charge in [0.25, 0.3) is 5.91 Å². The van der Waals surface area contributed by atoms with Crippen LogP contribution in [0, 0.1) is 0 Å². The van der Waals surface area contributed by atoms with Gasteiger partial charge in [0.15, 0.2) is 5.82 Å². The van der Waals surface area contributed by atoms with Crippen LogP contribution in [0.5, 0.6) is 0 Å². The van der Waals surface area contributed by atoms with E-state index in [1.54, 1.807) is 18.3 Å². The van der Waals surface area contributed by atoms with Crippen LogP contribution in [0.3, 0.4) is 0 Å². The van der Waals surface area contributed by atoms with Gasteiger partial charge in [0.2, 0.25) is 0 Å². The van der Waals surface area contributed by atoms with Gasteiger partial charge in [-0.2, -0.15) is 0 Å². The van der Waals surface area contributed by atoms with Gasteiger partial charge in [0.1, 0.15) is 5.82 Å². The number of anilines is 3. The number of unbranched alkanes of at least 4 members (excludes halogenated alkanes) is 1. The zero-order chi connectivity index (χ0) is 22.2. The number of carbonyl (C=O) groups excluding carboxylic acids is 1. The van der Waals surface area contributed by atoms with Crippen molar-refractivity contribution in [1.29, 1.82) is 0 Å². The Kier molecular flexibility index (Phi) is 6.88. The van der Waals surface area contributed by atoms with Crippen molar-refractivity contribution in [1.82, 2.24) is 9.97 Å². The molecule has 32 heavy (non-hydrogen) atoms. The summed E-state index contributed by atoms with van der Waals surface area (Å²) in [5.41, 5.74) is 4.38. The summed E-state index contributed by atoms with van der Waals surface area (Å²) < 4.78 is 0. The SMILES string of the molecule is CCCCc1ccc(NC(=O)c2cccc(Nc3ccnc(-c4ccccc4)n3)c2)cc1. The monoisotopic (exact) mass is 422 g/mol. The number of benzene rings is 3. The van der Waals surface area contributed by atoms with Crippen LogP contribution in [0.15, 0.2) is 91.1 Å². The number of carbonyl (C=O) groups is 1. The third-order valence-corrected chi connectivity index (χ3v) is 5.12. The third-order valence-electron chi connectivity index (χ3n) is 5.12. The van der Waals surface area contributed by atoms with Gasteiger partial charge in [-0.25, -0.2) is 9.97 Å². The quantitative estimate of drug-likeness (QED) is 0.341. The summed E-state index contributed by atoms with van der Waals surface area (Å²) in [6.45, 7) is 2.19. The lowest BCUT2D eigenvalue weighted by molar-refractivity contribution is 0.102. The molecule has 0 bridgehead atoms. The van der Waals surface area contributed by atoms with E-state index in [4.69, 9.17) is 0 Å². The maximum absolute atomic E-state index is 12.8. The molecule has 0 saturated carbocycles. The molecule has 1 heterocycles. The van der Waals surface area contributed by atoms with Crippen LogP contribution in [-0.2, 0) is 6.42 Å². The van der Waals surface area contributed by atoms with E-state index in [-0.39, 0.29) is 5.91 Å². The average molecular weight is 423 g/mol. The van der Waals surface area contributed by atoms with Gasteiger partial charge in [0.05, 0.1) is 0 Å². The molecular formula is C27H26N4O. The highest BCUT2D eigenvalue weighted by molar-refractivity contribution is 6.04. The zero-order valence-corrected chi connectivity index (χ0v) is 18.1. The van der Waals surface area contributed by atoms with Crippen LogP contribution in [0.1, 0.15) is 35.7 Å². The molecule has 0 aliphatic heterocycles. The molecule has 5 nitrogen and oxygen atoms in total. The Bertz CT molecular complexity index is 1170. The lowest BCUT2D eigenvalue weighted by atomic mass is 10.1. The van der Waals surface area contributed by atoms with E-state index in [0.717, 1.165) is 23.4 Å². The van der Waals surface area contributed by atoms with E-state index in [2.05, 4.69) is 39.7 Å². The second kappa shape index (κ2) is 10.4. The number of hydrogen-bond acceptors (Lipinski definition) is 4. The lowest BCUT2D eigenvalue weighted by Crippen LogP contribution is -2.12. The fraction of sp³-hybridized carbons (Fsp3) is 0.148. The minimum atomic E-state index is -0.150. The van der Waals surface area contributed by atoms with Crippen molar-refractivity contribution < 1.29 is 4.79 Å². The van der Waals surface area contributed by atoms with Gasteiger partial charge in [-0.3, -0.25) is 4.79 Å². The van der Waals surface area contributed by atoms with Crippen molar-refractivity contribution >= 4 is 23.1 Å². The zero-order valence-electron chi connectivity index (χ0n) is 18.1. The molecule has 4 rings (SSSR count). The number of aromatic nitrogens is 2. The fourth-order valence-corrected chi connectivity index (χ4v) is 3.38. The molecular weight excluding hydrogens is 396 g/mol. The molecule has 0 saturated heterocycles. The topological polar surface area (TPSA) is 66.9 Å². The van der Waals surface area contributed by atoms with Gasteiger partial charge in [-0.05, 0) is 54.8 Å². The molecule has 1 amide bonds. The van der Waals surface area contributed by atoms with Crippen molar-refractivity contribution in [3.63, 3.8) is 0 Å². The standard InChI is InChI=1S/C27H26N4O/c1-2-3-8-20-13-15-23(16-14-20)30-27(32)22-11-7-12-24(19-22)29-25-17-18-28-26(31-25)21-9-5-4-6-10-21/h4-7,9-19H,2-3,8H2,1H3,(H,30,32)(H,28,29,31). The predicted octanol–water partition coefficient (Wildman–Crippen LogP) is 6.48. The maximum Gasteiger partial charge on any atom is 0.255 e. The van der Waals surface area contributed by atoms with Crippen molar-refractivity contribution in [3.8, 4) is 11.4 Å². The second-order valence-corrected chi connectivity index (χ2v) is 7.59. The summed E-state index contributed by atoms with van der Waals surface area (Å²) >= 11 is 0. The number of nitrogens with one attached hydrogen (secondary N) is 2. The van der Waals surface area contributed by atoms with Crippen LogP contribution in [0.2, 0.25) is 0 Å². The Labute approximate surface area is 188 Å². The number of aryl methyl sites for hydroxylation is 1. The Balaban J connectivity index is 1.44. The Morgan fingerprint density at radius 1 is 0.875 bits per heavy atom. The number of nitrogens with zero attached hydrogens (tertiary/aromatic N) is 2. The second-order valence-electron chi connectivity index (χ2n) is 7.59. The molecule has 4 aromatic rings. The first-order valence-corrected chi connectivity index (χ1v) is 10.9. The summed E-state index contributed by atoms with van der Waals surface area (Å²) in [6, 6.07) is 27.1. The molecule has 0 unspecified atom stereocenters. The van der Waals surface area contributed by atoms with Gasteiger partial charge in [-0.15, -0.1) is 0 Å². The van der Waals surface area contributed by atoms with Gasteiger partial charge in [0, 0.05) is 28.7 Å². The van der Waals surface area contributed by atoms with E-state index in [0.29, 0.717) is 17.2 Å². The smallest absolute Gasteiger partial charge is 0.255 e. The molecule has 0 spiro atoms. The van der Waals surface area contributed by atoms with Crippen molar-refractivity contribution in [2.24, 2.45) is 0 Å². The van der Waals surface area contributed by atoms with Crippen molar-refractivity contribution in [2.45, 2.75) is 26.2 Å². The molecule has 2 N–H and O–H groups in total. The number of rotatable bonds is 8. The average Bonchev–Trinajstić information content (AvgIpc) is 2.84. The first-order valence-electron chi connectivity index (χ1n) is 10.9. The molecule has 0 aliphatic rings. The first kappa shape index (κ1) is 21.2. The Hall–Kier alpha value is -3.99. The van der Waals surface area contributed by atoms with Crippen molar-refractivity contribution in [3.05, 3.63) is 102 Å². The van der Waals surface area contributed by atoms with Crippen LogP contribution in [0.25, 0.3) is 11.4 Å². The highest BCUT2D eigenvalue weighted by atomic mass is 16.1. The first-order chi connectivity index (χ1) is 15.7. The largest absolute Gasteiger partial charge is 0.340 e. The van der Waals surface area contributed by atoms with Crippen LogP contribution in [-0.4, -0.2) is 15.9 Å². The number of hydrogen-bond donors (Lipinski definition) is 2. The molecule has 0 atom stereocenters. The Morgan fingerprint density at radius 2 is 1.69 bits per heavy atom. The van der Waals surface area contributed by atoms with Gasteiger partial charge in [-0.1, -0.05) is 61.9 Å². The molecule has 3 aromatic carbocycles. The summed E-state index contributed by atoms with van der Waals surface area (Å²) in [4.78, 5) is 21.7. The van der Waals surface area contributed by atoms with Crippen LogP contribution >= 0.6 is 0 Å². The van der Waals surface area contributed by atoms with Crippen LogP contribution in [0.4, 0.5) is 17.2 Å². The number of amides is 1. The minimum absolute atomic E-state index is 0.150. The fourth-order valence-electron chi connectivity index (χ4n) is 3.38. The third kappa shape index (κ3) is 5.58. The molecule has 160 valence electrons. The van der Waals surface area contributed by atoms with Crippen molar-refractivity contribution in [2.75, 3.05) is 10.6 Å². The summed E-state index contributed by atoms with van der Waals surface area (Å²) in [6.07, 6.45) is 5.13. The minimum Gasteiger partial charge on any atom is -0.340 e. The highest BCUT2D eigenvalue weighted by Crippen LogP contribution is 2.20. The van der Waals surface area contributed by atoms with E-state index in [1.165, 1.54) is 18.4 Å². The van der Waals surface area contributed by atoms with E-state index < -0.39 is 0 Å². The summed E-state index contributed by atoms with van der Waals surface area (Å²) in [7, 11) is 0. The molecule has 0 fully saturated rings. The summed E-state index contributed by atoms with van der Waals surface area (Å²) in [5, 5.41) is 6.24. The van der Waals surface area contributed by atoms with Gasteiger partial charge >= 0.3 is 0 Å². The molecule has 1 aromatic heterocycles. The van der Waals surface area contributed by atoms with E-state index >= 15 is 0 Å². The van der Waals surface area contributed by atoms with Crippen LogP contribution < -0.4 is 10.6 Å². The highest BCUT2D eigenvalue weighted by Gasteiger charge is 2.08. The lowest BCUT2D eigenvalue weighted by Gasteiger charge is -2.10. The van der Waals surface area contributed by atoms with E-state index in [1.807, 2.05) is 60.7 Å². The molecule has 0 aliphatic carbocycles. The molecule has 0 radical (unpaired) electrons. The van der Waals surface area contributed by atoms with Gasteiger partial charge < -0.3 is 10.6 Å². The molecule has 5 heteroatoms. The van der Waals surface area contributed by atoms with E-state index in [9.17, 15) is 4.79 Å². The normalized spacial score (nSPS) is 10.5. The maximum atomic E-state index is 12.8.